The molecule has 2 amide bonds. The molecule has 2 aromatic rings. The number of halogens is 4. The minimum absolute atomic E-state index is 0.0181. The second-order valence-corrected chi connectivity index (χ2v) is 10.2. The van der Waals surface area contributed by atoms with Crippen molar-refractivity contribution in [3.8, 4) is 0 Å². The Morgan fingerprint density at radius 1 is 1.00 bits per heavy atom. The summed E-state index contributed by atoms with van der Waals surface area (Å²) in [5.41, 5.74) is -2.51. The van der Waals surface area contributed by atoms with Gasteiger partial charge in [0.05, 0.1) is 38.6 Å². The largest absolute Gasteiger partial charge is 0.417 e. The number of hydrogen-bond acceptors (Lipinski definition) is 6. The van der Waals surface area contributed by atoms with Crippen LogP contribution in [0.3, 0.4) is 0 Å². The molecule has 2 aliphatic heterocycles. The maximum Gasteiger partial charge on any atom is 0.417 e. The van der Waals surface area contributed by atoms with Gasteiger partial charge in [0.15, 0.2) is 0 Å². The number of nitro benzene ring substituents is 1. The minimum atomic E-state index is -4.68. The number of carbonyl (C=O) groups is 2. The summed E-state index contributed by atoms with van der Waals surface area (Å²) in [4.78, 5) is 39.9. The van der Waals surface area contributed by atoms with E-state index in [0.29, 0.717) is 12.8 Å². The summed E-state index contributed by atoms with van der Waals surface area (Å²) in [7, 11) is 0. The molecule has 1 N–H and O–H groups in total. The molecule has 0 radical (unpaired) electrons. The van der Waals surface area contributed by atoms with Crippen molar-refractivity contribution in [3.63, 3.8) is 0 Å². The van der Waals surface area contributed by atoms with Gasteiger partial charge in [-0.3, -0.25) is 19.7 Å². The van der Waals surface area contributed by atoms with E-state index in [4.69, 9.17) is 11.6 Å². The van der Waals surface area contributed by atoms with Gasteiger partial charge in [-0.2, -0.15) is 13.2 Å². The Bertz CT molecular complexity index is 1330. The van der Waals surface area contributed by atoms with E-state index < -0.39 is 39.1 Å². The van der Waals surface area contributed by atoms with E-state index >= 15 is 0 Å². The van der Waals surface area contributed by atoms with Crippen LogP contribution in [0.15, 0.2) is 48.6 Å². The van der Waals surface area contributed by atoms with Gasteiger partial charge in [-0.1, -0.05) is 29.8 Å². The minimum Gasteiger partial charge on any atom is -0.385 e. The topological polar surface area (TPSA) is 104 Å². The van der Waals surface area contributed by atoms with Gasteiger partial charge in [0, 0.05) is 19.2 Å². The number of amides is 2. The number of anilines is 2. The molecule has 38 heavy (non-hydrogen) atoms. The first-order valence-corrected chi connectivity index (χ1v) is 12.4. The van der Waals surface area contributed by atoms with Crippen molar-refractivity contribution in [3.05, 3.63) is 74.8 Å². The number of nitro groups is 1. The van der Waals surface area contributed by atoms with Crippen molar-refractivity contribution in [2.45, 2.75) is 37.5 Å². The molecule has 1 aliphatic carbocycles. The molecule has 2 fully saturated rings. The third-order valence-corrected chi connectivity index (χ3v) is 7.99. The maximum atomic E-state index is 13.3. The molecule has 2 heterocycles. The Hall–Kier alpha value is -3.44. The number of alkyl halides is 3. The fourth-order valence-electron chi connectivity index (χ4n) is 5.56. The Morgan fingerprint density at radius 3 is 2.16 bits per heavy atom. The molecule has 0 saturated carbocycles. The van der Waals surface area contributed by atoms with Gasteiger partial charge in [-0.15, -0.1) is 0 Å². The number of nitrogens with zero attached hydrogens (tertiary/aromatic N) is 3. The smallest absolute Gasteiger partial charge is 0.385 e. The first-order chi connectivity index (χ1) is 17.9. The molecule has 2 unspecified atom stereocenters. The zero-order valence-corrected chi connectivity index (χ0v) is 20.7. The van der Waals surface area contributed by atoms with Crippen LogP contribution in [0.5, 0.6) is 0 Å². The fourth-order valence-corrected chi connectivity index (χ4v) is 5.78. The van der Waals surface area contributed by atoms with Crippen LogP contribution in [0.4, 0.5) is 30.2 Å². The monoisotopic (exact) mass is 549 g/mol. The highest BCUT2D eigenvalue weighted by Crippen LogP contribution is 2.43. The van der Waals surface area contributed by atoms with Crippen LogP contribution in [-0.4, -0.2) is 34.9 Å². The van der Waals surface area contributed by atoms with E-state index in [1.165, 1.54) is 24.3 Å². The number of imide groups is 1. The number of aliphatic hydroxyl groups is 1. The predicted molar refractivity (Wildman–Crippen MR) is 133 cm³/mol. The number of piperidine rings is 1. The van der Waals surface area contributed by atoms with Gasteiger partial charge in [0.1, 0.15) is 5.69 Å². The number of hydrogen-bond donors (Lipinski definition) is 1. The molecule has 2 saturated heterocycles. The number of allylic oxidation sites excluding steroid dienone is 2. The Balaban J connectivity index is 1.38. The van der Waals surface area contributed by atoms with Gasteiger partial charge in [-0.25, -0.2) is 4.90 Å². The van der Waals surface area contributed by atoms with E-state index in [9.17, 15) is 38.0 Å². The van der Waals surface area contributed by atoms with Crippen LogP contribution in [-0.2, 0) is 21.4 Å². The molecule has 3 aliphatic rings. The number of benzene rings is 2. The van der Waals surface area contributed by atoms with E-state index in [0.717, 1.165) is 17.0 Å². The summed E-state index contributed by atoms with van der Waals surface area (Å²) in [5.74, 6) is -1.71. The molecule has 200 valence electrons. The summed E-state index contributed by atoms with van der Waals surface area (Å²) in [6.45, 7) is 0.246. The lowest BCUT2D eigenvalue weighted by Gasteiger charge is -2.39. The fraction of sp³-hybridized carbons (Fsp3) is 0.385. The van der Waals surface area contributed by atoms with Crippen LogP contribution >= 0.6 is 11.6 Å². The van der Waals surface area contributed by atoms with Gasteiger partial charge < -0.3 is 10.0 Å². The van der Waals surface area contributed by atoms with E-state index in [1.807, 2.05) is 12.2 Å². The first-order valence-electron chi connectivity index (χ1n) is 12.1. The molecule has 2 atom stereocenters. The standard InChI is InChI=1S/C26H23ClF3N3O5/c27-20-7-5-15(13-19(20)26(28,29)30)25(36)9-11-31(12-10-25)21-8-6-16(14-22(21)33(37)38)32-23(34)17-3-1-2-4-18(17)24(32)35/h1-2,5-8,13-14,17-18,36H,3-4,9-12H2. The zero-order chi connectivity index (χ0) is 27.4. The molecule has 0 bridgehead atoms. The van der Waals surface area contributed by atoms with Crippen molar-refractivity contribution in [1.29, 1.82) is 0 Å². The van der Waals surface area contributed by atoms with Crippen molar-refractivity contribution in [1.82, 2.24) is 0 Å². The third kappa shape index (κ3) is 4.43. The molecule has 12 heteroatoms. The third-order valence-electron chi connectivity index (χ3n) is 7.66. The molecular weight excluding hydrogens is 527 g/mol. The Kier molecular flexibility index (Phi) is 6.47. The summed E-state index contributed by atoms with van der Waals surface area (Å²) in [5, 5.41) is 22.7. The van der Waals surface area contributed by atoms with E-state index in [-0.39, 0.29) is 60.4 Å². The molecular formula is C26H23ClF3N3O5. The van der Waals surface area contributed by atoms with Gasteiger partial charge in [-0.05, 0) is 55.5 Å². The zero-order valence-electron chi connectivity index (χ0n) is 19.9. The van der Waals surface area contributed by atoms with Crippen molar-refractivity contribution in [2.24, 2.45) is 11.8 Å². The number of fused-ring (bicyclic) bond motifs is 1. The Labute approximate surface area is 220 Å². The summed E-state index contributed by atoms with van der Waals surface area (Å²) in [6.07, 6.45) is -0.0469. The second kappa shape index (κ2) is 9.39. The van der Waals surface area contributed by atoms with Crippen molar-refractivity contribution >= 4 is 40.5 Å². The number of rotatable bonds is 4. The lowest BCUT2D eigenvalue weighted by molar-refractivity contribution is -0.384. The molecule has 5 rings (SSSR count). The highest BCUT2D eigenvalue weighted by molar-refractivity contribution is 6.31. The first kappa shape index (κ1) is 26.2. The van der Waals surface area contributed by atoms with Gasteiger partial charge in [0.25, 0.3) is 5.69 Å². The molecule has 2 aromatic carbocycles. The van der Waals surface area contributed by atoms with Gasteiger partial charge in [0.2, 0.25) is 11.8 Å². The van der Waals surface area contributed by atoms with Crippen LogP contribution in [0.2, 0.25) is 5.02 Å². The highest BCUT2D eigenvalue weighted by Gasteiger charge is 2.48. The number of carbonyl (C=O) groups excluding carboxylic acids is 2. The average Bonchev–Trinajstić information content (AvgIpc) is 3.13. The predicted octanol–water partition coefficient (Wildman–Crippen LogP) is 5.21. The SMILES string of the molecule is O=C1C2CC=CCC2C(=O)N1c1ccc(N2CCC(O)(c3ccc(Cl)c(C(F)(F)F)c3)CC2)c([N+](=O)[O-])c1. The second-order valence-electron chi connectivity index (χ2n) is 9.81. The summed E-state index contributed by atoms with van der Waals surface area (Å²) in [6, 6.07) is 7.43. The summed E-state index contributed by atoms with van der Waals surface area (Å²) < 4.78 is 40.0. The van der Waals surface area contributed by atoms with Crippen LogP contribution in [0, 0.1) is 22.0 Å². The lowest BCUT2D eigenvalue weighted by Crippen LogP contribution is -2.43. The van der Waals surface area contributed by atoms with E-state index in [1.54, 1.807) is 4.90 Å². The average molecular weight is 550 g/mol. The van der Waals surface area contributed by atoms with Crippen molar-refractivity contribution < 1.29 is 32.8 Å². The molecule has 0 spiro atoms. The lowest BCUT2D eigenvalue weighted by atomic mass is 9.83. The van der Waals surface area contributed by atoms with E-state index in [2.05, 4.69) is 0 Å². The van der Waals surface area contributed by atoms with Crippen molar-refractivity contribution in [2.75, 3.05) is 22.9 Å². The van der Waals surface area contributed by atoms with Crippen LogP contribution in [0.25, 0.3) is 0 Å². The Morgan fingerprint density at radius 2 is 1.61 bits per heavy atom. The normalized spacial score (nSPS) is 23.1. The summed E-state index contributed by atoms with van der Waals surface area (Å²) >= 11 is 5.71. The maximum absolute atomic E-state index is 13.3. The van der Waals surface area contributed by atoms with Gasteiger partial charge >= 0.3 is 6.18 Å². The molecule has 0 aromatic heterocycles. The highest BCUT2D eigenvalue weighted by atomic mass is 35.5. The quantitative estimate of drug-likeness (QED) is 0.243. The van der Waals surface area contributed by atoms with Crippen LogP contribution < -0.4 is 9.80 Å². The molecule has 8 nitrogen and oxygen atoms in total. The van der Waals surface area contributed by atoms with Crippen LogP contribution in [0.1, 0.15) is 36.8 Å².